The van der Waals surface area contributed by atoms with Crippen LogP contribution in [0.5, 0.6) is 0 Å². The van der Waals surface area contributed by atoms with Gasteiger partial charge in [0.1, 0.15) is 12.0 Å². The van der Waals surface area contributed by atoms with Crippen molar-refractivity contribution < 1.29 is 13.6 Å². The number of pyridine rings is 1. The van der Waals surface area contributed by atoms with Crippen molar-refractivity contribution in [1.82, 2.24) is 19.9 Å². The molecule has 0 saturated carbocycles. The molecule has 0 spiro atoms. The van der Waals surface area contributed by atoms with E-state index in [0.717, 1.165) is 29.8 Å². The number of likely N-dealkylation sites (tertiary alicyclic amines) is 1. The van der Waals surface area contributed by atoms with E-state index in [1.54, 1.807) is 11.2 Å². The predicted octanol–water partition coefficient (Wildman–Crippen LogP) is 3.53. The van der Waals surface area contributed by atoms with Gasteiger partial charge in [-0.15, -0.1) is 0 Å². The monoisotopic (exact) mass is 354 g/mol. The summed E-state index contributed by atoms with van der Waals surface area (Å²) in [5.41, 5.74) is 3.11. The van der Waals surface area contributed by atoms with Gasteiger partial charge in [0.2, 0.25) is 11.8 Å². The molecule has 0 aromatic carbocycles. The van der Waals surface area contributed by atoms with Crippen LogP contribution >= 0.6 is 0 Å². The van der Waals surface area contributed by atoms with Crippen LogP contribution in [0.2, 0.25) is 0 Å². The normalized spacial score (nSPS) is 17.5. The van der Waals surface area contributed by atoms with Crippen molar-refractivity contribution in [3.05, 3.63) is 59.6 Å². The summed E-state index contributed by atoms with van der Waals surface area (Å²) in [7, 11) is 0. The van der Waals surface area contributed by atoms with Crippen molar-refractivity contribution in [1.29, 1.82) is 0 Å². The van der Waals surface area contributed by atoms with Crippen molar-refractivity contribution in [2.24, 2.45) is 0 Å². The summed E-state index contributed by atoms with van der Waals surface area (Å²) in [6.45, 7) is 3.19. The van der Waals surface area contributed by atoms with E-state index in [1.807, 2.05) is 19.2 Å². The number of halogens is 1. The maximum atomic E-state index is 13.3. The number of aryl methyl sites for hydroxylation is 1. The van der Waals surface area contributed by atoms with Gasteiger partial charge in [-0.1, -0.05) is 0 Å². The Hall–Kier alpha value is -2.96. The Morgan fingerprint density at radius 2 is 2.31 bits per heavy atom. The number of aromatic amines is 1. The molecule has 1 aliphatic rings. The molecule has 6 nitrogen and oxygen atoms in total. The first-order chi connectivity index (χ1) is 12.6. The highest BCUT2D eigenvalue weighted by atomic mass is 19.1. The molecule has 0 bridgehead atoms. The second-order valence-electron chi connectivity index (χ2n) is 6.63. The van der Waals surface area contributed by atoms with Crippen molar-refractivity contribution in [2.75, 3.05) is 13.1 Å². The van der Waals surface area contributed by atoms with Gasteiger partial charge in [0.05, 0.1) is 5.69 Å². The van der Waals surface area contributed by atoms with Crippen LogP contribution in [0.4, 0.5) is 4.39 Å². The van der Waals surface area contributed by atoms with Crippen LogP contribution in [0.3, 0.4) is 0 Å². The lowest BCUT2D eigenvalue weighted by Crippen LogP contribution is -2.39. The van der Waals surface area contributed by atoms with Gasteiger partial charge >= 0.3 is 0 Å². The third-order valence-corrected chi connectivity index (χ3v) is 4.68. The number of hydrogen-bond donors (Lipinski definition) is 1. The minimum absolute atomic E-state index is 0.105. The third-order valence-electron chi connectivity index (χ3n) is 4.68. The van der Waals surface area contributed by atoms with E-state index in [4.69, 9.17) is 4.42 Å². The maximum absolute atomic E-state index is 13.3. The van der Waals surface area contributed by atoms with Gasteiger partial charge in [-0.2, -0.15) is 4.39 Å². The standard InChI is InChI=1S/C19H19FN4O2/c1-12-7-15(22-9-12)18-23-16(11-26-18)14-3-2-6-24(10-14)19(25)13-4-5-21-17(20)8-13/h4-5,7-9,11,14,22H,2-3,6,10H2,1H3/t14-/m0/s1. The molecular formula is C19H19FN4O2. The Kier molecular flexibility index (Phi) is 4.28. The fraction of sp³-hybridized carbons (Fsp3) is 0.316. The van der Waals surface area contributed by atoms with Gasteiger partial charge in [0.25, 0.3) is 5.91 Å². The van der Waals surface area contributed by atoms with Crippen molar-refractivity contribution in [3.8, 4) is 11.6 Å². The number of amides is 1. The Morgan fingerprint density at radius 1 is 1.42 bits per heavy atom. The lowest BCUT2D eigenvalue weighted by molar-refractivity contribution is 0.0705. The summed E-state index contributed by atoms with van der Waals surface area (Å²) in [5.74, 6) is -0.174. The number of piperidine rings is 1. The topological polar surface area (TPSA) is 75.0 Å². The average molecular weight is 354 g/mol. The number of carbonyl (C=O) groups is 1. The van der Waals surface area contributed by atoms with Crippen molar-refractivity contribution in [3.63, 3.8) is 0 Å². The zero-order valence-corrected chi connectivity index (χ0v) is 14.4. The molecule has 0 radical (unpaired) electrons. The third kappa shape index (κ3) is 3.24. The van der Waals surface area contributed by atoms with E-state index in [2.05, 4.69) is 15.0 Å². The predicted molar refractivity (Wildman–Crippen MR) is 93.1 cm³/mol. The SMILES string of the molecule is Cc1c[nH]c(-c2nc([C@H]3CCCN(C(=O)c4ccnc(F)c4)C3)co2)c1. The first kappa shape index (κ1) is 16.5. The first-order valence-electron chi connectivity index (χ1n) is 8.62. The molecule has 1 aliphatic heterocycles. The number of aromatic nitrogens is 3. The number of oxazole rings is 1. The van der Waals surface area contributed by atoms with Gasteiger partial charge in [0, 0.05) is 43.0 Å². The van der Waals surface area contributed by atoms with Crippen LogP contribution in [0, 0.1) is 12.9 Å². The molecule has 26 heavy (non-hydrogen) atoms. The van der Waals surface area contributed by atoms with Gasteiger partial charge in [-0.3, -0.25) is 4.79 Å². The highest BCUT2D eigenvalue weighted by Crippen LogP contribution is 2.29. The molecule has 7 heteroatoms. The van der Waals surface area contributed by atoms with Gasteiger partial charge in [-0.25, -0.2) is 9.97 Å². The highest BCUT2D eigenvalue weighted by Gasteiger charge is 2.28. The number of carbonyl (C=O) groups excluding carboxylic acids is 1. The second kappa shape index (κ2) is 6.74. The van der Waals surface area contributed by atoms with Gasteiger partial charge in [-0.05, 0) is 37.5 Å². The Morgan fingerprint density at radius 3 is 3.08 bits per heavy atom. The van der Waals surface area contributed by atoms with E-state index < -0.39 is 5.95 Å². The summed E-state index contributed by atoms with van der Waals surface area (Å²) in [5, 5.41) is 0. The molecule has 1 N–H and O–H groups in total. The van der Waals surface area contributed by atoms with E-state index in [9.17, 15) is 9.18 Å². The summed E-state index contributed by atoms with van der Waals surface area (Å²) in [4.78, 5) is 25.6. The molecule has 134 valence electrons. The molecule has 4 heterocycles. The highest BCUT2D eigenvalue weighted by molar-refractivity contribution is 5.94. The summed E-state index contributed by atoms with van der Waals surface area (Å²) in [6, 6.07) is 4.69. The summed E-state index contributed by atoms with van der Waals surface area (Å²) in [6.07, 6.45) is 6.68. The number of H-pyrrole nitrogens is 1. The number of nitrogens with one attached hydrogen (secondary N) is 1. The summed E-state index contributed by atoms with van der Waals surface area (Å²) < 4.78 is 18.9. The minimum atomic E-state index is -0.646. The molecule has 0 unspecified atom stereocenters. The van der Waals surface area contributed by atoms with Crippen LogP contribution in [0.1, 0.15) is 40.4 Å². The lowest BCUT2D eigenvalue weighted by Gasteiger charge is -2.31. The molecule has 4 rings (SSSR count). The summed E-state index contributed by atoms with van der Waals surface area (Å²) >= 11 is 0. The lowest BCUT2D eigenvalue weighted by atomic mass is 9.95. The van der Waals surface area contributed by atoms with E-state index in [0.29, 0.717) is 24.5 Å². The number of hydrogen-bond acceptors (Lipinski definition) is 4. The van der Waals surface area contributed by atoms with Gasteiger partial charge in [0.15, 0.2) is 0 Å². The molecule has 0 aliphatic carbocycles. The number of rotatable bonds is 3. The van der Waals surface area contributed by atoms with Crippen molar-refractivity contribution >= 4 is 5.91 Å². The van der Waals surface area contributed by atoms with Crippen LogP contribution in [0.15, 0.2) is 41.3 Å². The quantitative estimate of drug-likeness (QED) is 0.730. The first-order valence-corrected chi connectivity index (χ1v) is 8.62. The molecule has 3 aromatic heterocycles. The second-order valence-corrected chi connectivity index (χ2v) is 6.63. The average Bonchev–Trinajstić information content (AvgIpc) is 3.30. The molecular weight excluding hydrogens is 335 g/mol. The largest absolute Gasteiger partial charge is 0.443 e. The Bertz CT molecular complexity index is 933. The zero-order valence-electron chi connectivity index (χ0n) is 14.4. The molecule has 1 atom stereocenters. The van der Waals surface area contributed by atoms with E-state index in [1.165, 1.54) is 18.3 Å². The van der Waals surface area contributed by atoms with Crippen LogP contribution in [0.25, 0.3) is 11.6 Å². The maximum Gasteiger partial charge on any atom is 0.254 e. The molecule has 1 amide bonds. The molecule has 1 fully saturated rings. The minimum Gasteiger partial charge on any atom is -0.443 e. The Balaban J connectivity index is 1.50. The molecule has 3 aromatic rings. The zero-order chi connectivity index (χ0) is 18.1. The van der Waals surface area contributed by atoms with E-state index >= 15 is 0 Å². The van der Waals surface area contributed by atoms with Crippen LogP contribution in [-0.4, -0.2) is 38.8 Å². The number of nitrogens with zero attached hydrogens (tertiary/aromatic N) is 3. The fourth-order valence-corrected chi connectivity index (χ4v) is 3.34. The Labute approximate surface area is 150 Å². The molecule has 1 saturated heterocycles. The smallest absolute Gasteiger partial charge is 0.254 e. The fourth-order valence-electron chi connectivity index (χ4n) is 3.34. The van der Waals surface area contributed by atoms with Crippen LogP contribution in [-0.2, 0) is 0 Å². The van der Waals surface area contributed by atoms with E-state index in [-0.39, 0.29) is 11.8 Å². The van der Waals surface area contributed by atoms with Crippen molar-refractivity contribution in [2.45, 2.75) is 25.7 Å². The van der Waals surface area contributed by atoms with Crippen LogP contribution < -0.4 is 0 Å². The van der Waals surface area contributed by atoms with Gasteiger partial charge < -0.3 is 14.3 Å².